The zero-order chi connectivity index (χ0) is 12.4. The van der Waals surface area contributed by atoms with Crippen LogP contribution < -0.4 is 0 Å². The lowest BCUT2D eigenvalue weighted by atomic mass is 10.1. The Labute approximate surface area is 126 Å². The largest absolute Gasteiger partial charge is 0.388 e. The SMILES string of the molecule is OC(Cc1ccc(Cl)s1)c1ccc(Br)c(Br)c1. The zero-order valence-electron chi connectivity index (χ0n) is 8.66. The highest BCUT2D eigenvalue weighted by Crippen LogP contribution is 2.30. The van der Waals surface area contributed by atoms with E-state index >= 15 is 0 Å². The highest BCUT2D eigenvalue weighted by Gasteiger charge is 2.11. The summed E-state index contributed by atoms with van der Waals surface area (Å²) in [6.45, 7) is 0. The van der Waals surface area contributed by atoms with Gasteiger partial charge in [-0.05, 0) is 61.7 Å². The van der Waals surface area contributed by atoms with Gasteiger partial charge in [-0.15, -0.1) is 11.3 Å². The average molecular weight is 397 g/mol. The Kier molecular flexibility index (Phi) is 4.66. The Morgan fingerprint density at radius 1 is 1.18 bits per heavy atom. The van der Waals surface area contributed by atoms with Crippen molar-refractivity contribution in [2.24, 2.45) is 0 Å². The van der Waals surface area contributed by atoms with E-state index in [1.165, 1.54) is 11.3 Å². The van der Waals surface area contributed by atoms with E-state index in [1.54, 1.807) is 0 Å². The van der Waals surface area contributed by atoms with Gasteiger partial charge in [0.05, 0.1) is 10.4 Å². The maximum absolute atomic E-state index is 10.1. The molecule has 0 amide bonds. The molecule has 1 aromatic carbocycles. The Morgan fingerprint density at radius 2 is 1.94 bits per heavy atom. The lowest BCUT2D eigenvalue weighted by molar-refractivity contribution is 0.179. The molecule has 1 unspecified atom stereocenters. The smallest absolute Gasteiger partial charge is 0.0931 e. The number of benzene rings is 1. The van der Waals surface area contributed by atoms with Crippen LogP contribution in [0.1, 0.15) is 16.5 Å². The molecule has 0 saturated heterocycles. The van der Waals surface area contributed by atoms with Crippen LogP contribution in [0.25, 0.3) is 0 Å². The molecule has 0 saturated carbocycles. The Hall–Kier alpha value is 0.130. The van der Waals surface area contributed by atoms with Crippen molar-refractivity contribution < 1.29 is 5.11 Å². The fourth-order valence-corrected chi connectivity index (χ4v) is 3.26. The second kappa shape index (κ2) is 5.85. The van der Waals surface area contributed by atoms with Gasteiger partial charge in [-0.2, -0.15) is 0 Å². The van der Waals surface area contributed by atoms with E-state index in [9.17, 15) is 5.11 Å². The van der Waals surface area contributed by atoms with Gasteiger partial charge in [0.1, 0.15) is 0 Å². The standard InChI is InChI=1S/C12H9Br2ClOS/c13-9-3-1-7(5-10(9)14)11(16)6-8-2-4-12(15)17-8/h1-5,11,16H,6H2. The normalized spacial score (nSPS) is 12.7. The van der Waals surface area contributed by atoms with Gasteiger partial charge in [0, 0.05) is 20.2 Å². The van der Waals surface area contributed by atoms with Crippen molar-refractivity contribution in [3.8, 4) is 0 Å². The van der Waals surface area contributed by atoms with E-state index in [-0.39, 0.29) is 0 Å². The number of aliphatic hydroxyl groups excluding tert-OH is 1. The van der Waals surface area contributed by atoms with Crippen LogP contribution in [-0.4, -0.2) is 5.11 Å². The van der Waals surface area contributed by atoms with Crippen LogP contribution in [0.5, 0.6) is 0 Å². The zero-order valence-corrected chi connectivity index (χ0v) is 13.4. The van der Waals surface area contributed by atoms with E-state index in [1.807, 2.05) is 30.3 Å². The number of hydrogen-bond donors (Lipinski definition) is 1. The number of hydrogen-bond acceptors (Lipinski definition) is 2. The molecule has 5 heteroatoms. The molecule has 0 aliphatic carbocycles. The van der Waals surface area contributed by atoms with Crippen molar-refractivity contribution in [1.29, 1.82) is 0 Å². The fraction of sp³-hybridized carbons (Fsp3) is 0.167. The molecule has 1 aromatic heterocycles. The second-order valence-corrected chi connectivity index (χ2v) is 7.11. The molecule has 1 N–H and O–H groups in total. The fourth-order valence-electron chi connectivity index (χ4n) is 1.49. The molecule has 1 heterocycles. The molecule has 0 fully saturated rings. The molecule has 1 nitrogen and oxygen atoms in total. The van der Waals surface area contributed by atoms with Gasteiger partial charge in [0.15, 0.2) is 0 Å². The molecule has 2 aromatic rings. The minimum atomic E-state index is -0.505. The van der Waals surface area contributed by atoms with Crippen LogP contribution in [-0.2, 0) is 6.42 Å². The highest BCUT2D eigenvalue weighted by atomic mass is 79.9. The van der Waals surface area contributed by atoms with Gasteiger partial charge in [-0.1, -0.05) is 17.7 Å². The average Bonchev–Trinajstić information content (AvgIpc) is 2.68. The molecule has 0 aliphatic heterocycles. The number of aliphatic hydroxyl groups is 1. The van der Waals surface area contributed by atoms with Crippen molar-refractivity contribution >= 4 is 54.8 Å². The van der Waals surface area contributed by atoms with Crippen molar-refractivity contribution in [3.05, 3.63) is 54.1 Å². The van der Waals surface area contributed by atoms with Crippen molar-refractivity contribution in [2.45, 2.75) is 12.5 Å². The minimum absolute atomic E-state index is 0.505. The molecular formula is C12H9Br2ClOS. The van der Waals surface area contributed by atoms with Crippen molar-refractivity contribution in [2.75, 3.05) is 0 Å². The molecule has 17 heavy (non-hydrogen) atoms. The van der Waals surface area contributed by atoms with Gasteiger partial charge in [-0.3, -0.25) is 0 Å². The Morgan fingerprint density at radius 3 is 2.53 bits per heavy atom. The summed E-state index contributed by atoms with van der Waals surface area (Å²) in [5.41, 5.74) is 0.893. The van der Waals surface area contributed by atoms with Gasteiger partial charge in [0.25, 0.3) is 0 Å². The maximum Gasteiger partial charge on any atom is 0.0931 e. The lowest BCUT2D eigenvalue weighted by Gasteiger charge is -2.10. The quantitative estimate of drug-likeness (QED) is 0.756. The van der Waals surface area contributed by atoms with Gasteiger partial charge in [0.2, 0.25) is 0 Å². The monoisotopic (exact) mass is 394 g/mol. The Balaban J connectivity index is 2.14. The van der Waals surface area contributed by atoms with Crippen LogP contribution in [0.2, 0.25) is 4.34 Å². The first-order valence-corrected chi connectivity index (χ1v) is 7.71. The summed E-state index contributed by atoms with van der Waals surface area (Å²) in [7, 11) is 0. The summed E-state index contributed by atoms with van der Waals surface area (Å²) in [4.78, 5) is 1.08. The molecular weight excluding hydrogens is 387 g/mol. The summed E-state index contributed by atoms with van der Waals surface area (Å²) in [5, 5.41) is 10.1. The van der Waals surface area contributed by atoms with E-state index in [0.717, 1.165) is 23.7 Å². The van der Waals surface area contributed by atoms with Crippen LogP contribution >= 0.6 is 54.8 Å². The first kappa shape index (κ1) is 13.6. The number of thiophene rings is 1. The second-order valence-electron chi connectivity index (χ2n) is 3.60. The number of rotatable bonds is 3. The summed E-state index contributed by atoms with van der Waals surface area (Å²) < 4.78 is 2.68. The highest BCUT2D eigenvalue weighted by molar-refractivity contribution is 9.13. The molecule has 2 rings (SSSR count). The van der Waals surface area contributed by atoms with E-state index in [4.69, 9.17) is 11.6 Å². The van der Waals surface area contributed by atoms with Crippen molar-refractivity contribution in [1.82, 2.24) is 0 Å². The molecule has 0 spiro atoms. The third-order valence-electron chi connectivity index (χ3n) is 2.35. The predicted molar refractivity (Wildman–Crippen MR) is 79.8 cm³/mol. The lowest BCUT2D eigenvalue weighted by Crippen LogP contribution is -2.00. The first-order valence-electron chi connectivity index (χ1n) is 4.93. The molecule has 90 valence electrons. The van der Waals surface area contributed by atoms with Gasteiger partial charge >= 0.3 is 0 Å². The summed E-state index contributed by atoms with van der Waals surface area (Å²) in [6.07, 6.45) is 0.0833. The van der Waals surface area contributed by atoms with Crippen LogP contribution in [0, 0.1) is 0 Å². The molecule has 0 bridgehead atoms. The van der Waals surface area contributed by atoms with E-state index in [0.29, 0.717) is 6.42 Å². The van der Waals surface area contributed by atoms with E-state index in [2.05, 4.69) is 31.9 Å². The summed E-state index contributed by atoms with van der Waals surface area (Å²) in [5.74, 6) is 0. The molecule has 0 radical (unpaired) electrons. The van der Waals surface area contributed by atoms with Crippen LogP contribution in [0.3, 0.4) is 0 Å². The molecule has 1 atom stereocenters. The van der Waals surface area contributed by atoms with Gasteiger partial charge < -0.3 is 5.11 Å². The van der Waals surface area contributed by atoms with Crippen molar-refractivity contribution in [3.63, 3.8) is 0 Å². The Bertz CT molecular complexity index is 527. The minimum Gasteiger partial charge on any atom is -0.388 e. The summed E-state index contributed by atoms with van der Waals surface area (Å²) in [6, 6.07) is 9.55. The summed E-state index contributed by atoms with van der Waals surface area (Å²) >= 11 is 14.2. The van der Waals surface area contributed by atoms with Crippen LogP contribution in [0.4, 0.5) is 0 Å². The third-order valence-corrected chi connectivity index (χ3v) is 5.48. The topological polar surface area (TPSA) is 20.2 Å². The van der Waals surface area contributed by atoms with Crippen LogP contribution in [0.15, 0.2) is 39.3 Å². The van der Waals surface area contributed by atoms with E-state index < -0.39 is 6.10 Å². The van der Waals surface area contributed by atoms with Gasteiger partial charge in [-0.25, -0.2) is 0 Å². The predicted octanol–water partition coefficient (Wildman–Crippen LogP) is 5.20. The third kappa shape index (κ3) is 3.55. The number of halogens is 3. The maximum atomic E-state index is 10.1. The first-order chi connectivity index (χ1) is 8.06. The molecule has 0 aliphatic rings.